The molecule has 1 aliphatic heterocycles. The molecule has 3 aromatic rings. The molecule has 8 heteroatoms. The Balaban J connectivity index is 1.52. The van der Waals surface area contributed by atoms with E-state index in [-0.39, 0.29) is 30.2 Å². The van der Waals surface area contributed by atoms with E-state index in [9.17, 15) is 9.18 Å². The van der Waals surface area contributed by atoms with Gasteiger partial charge in [-0.1, -0.05) is 24.3 Å². The van der Waals surface area contributed by atoms with Crippen LogP contribution in [-0.2, 0) is 17.8 Å². The molecule has 1 aliphatic rings. The molecule has 0 atom stereocenters. The van der Waals surface area contributed by atoms with E-state index in [0.717, 1.165) is 50.2 Å². The maximum Gasteiger partial charge on any atom is 0.240 e. The van der Waals surface area contributed by atoms with E-state index in [4.69, 9.17) is 15.0 Å². The smallest absolute Gasteiger partial charge is 0.240 e. The number of imidazole rings is 1. The number of benzene rings is 2. The summed E-state index contributed by atoms with van der Waals surface area (Å²) in [4.78, 5) is 19.8. The molecule has 0 radical (unpaired) electrons. The van der Waals surface area contributed by atoms with Gasteiger partial charge in [-0.2, -0.15) is 5.26 Å². The molecule has 0 bridgehead atoms. The summed E-state index contributed by atoms with van der Waals surface area (Å²) in [6.07, 6.45) is 4.71. The average molecular weight is 504 g/mol. The van der Waals surface area contributed by atoms with Gasteiger partial charge in [-0.25, -0.2) is 9.37 Å². The number of nitrogens with one attached hydrogen (secondary N) is 1. The number of likely N-dealkylation sites (tertiary alicyclic amines) is 1. The molecule has 2 heterocycles. The SMILES string of the molecule is COc1cc(-c2nc(-c3ccc(CCN4CCC(C#N)CC4)cc3)cn2CC(=O)NC(C)C)ccc1F. The molecule has 1 fully saturated rings. The molecule has 0 unspecified atom stereocenters. The number of aromatic nitrogens is 2. The van der Waals surface area contributed by atoms with Crippen molar-refractivity contribution in [1.82, 2.24) is 19.8 Å². The third-order valence-electron chi connectivity index (χ3n) is 6.69. The zero-order valence-electron chi connectivity index (χ0n) is 21.7. The van der Waals surface area contributed by atoms with Crippen LogP contribution in [0.1, 0.15) is 32.3 Å². The van der Waals surface area contributed by atoms with Crippen molar-refractivity contribution < 1.29 is 13.9 Å². The monoisotopic (exact) mass is 503 g/mol. The van der Waals surface area contributed by atoms with E-state index in [1.54, 1.807) is 16.7 Å². The highest BCUT2D eigenvalue weighted by Gasteiger charge is 2.19. The Bertz CT molecular complexity index is 1250. The fraction of sp³-hybridized carbons (Fsp3) is 0.414. The van der Waals surface area contributed by atoms with Crippen LogP contribution < -0.4 is 10.1 Å². The quantitative estimate of drug-likeness (QED) is 0.459. The normalized spacial score (nSPS) is 14.5. The molecule has 4 rings (SSSR count). The molecular weight excluding hydrogens is 469 g/mol. The fourth-order valence-corrected chi connectivity index (χ4v) is 4.64. The molecule has 1 aromatic heterocycles. The summed E-state index contributed by atoms with van der Waals surface area (Å²) < 4.78 is 21.0. The number of halogens is 1. The fourth-order valence-electron chi connectivity index (χ4n) is 4.64. The van der Waals surface area contributed by atoms with E-state index < -0.39 is 5.82 Å². The summed E-state index contributed by atoms with van der Waals surface area (Å²) >= 11 is 0. The Morgan fingerprint density at radius 1 is 1.19 bits per heavy atom. The number of nitrogens with zero attached hydrogens (tertiary/aromatic N) is 4. The van der Waals surface area contributed by atoms with E-state index in [2.05, 4.69) is 28.4 Å². The number of piperidine rings is 1. The molecule has 1 saturated heterocycles. The molecule has 0 spiro atoms. The molecule has 194 valence electrons. The van der Waals surface area contributed by atoms with Gasteiger partial charge in [0.15, 0.2) is 11.6 Å². The lowest BCUT2D eigenvalue weighted by Crippen LogP contribution is -2.34. The van der Waals surface area contributed by atoms with E-state index in [1.165, 1.54) is 18.7 Å². The van der Waals surface area contributed by atoms with Crippen LogP contribution in [0.5, 0.6) is 5.75 Å². The zero-order chi connectivity index (χ0) is 26.4. The van der Waals surface area contributed by atoms with Gasteiger partial charge in [-0.15, -0.1) is 0 Å². The molecule has 37 heavy (non-hydrogen) atoms. The summed E-state index contributed by atoms with van der Waals surface area (Å²) in [6.45, 7) is 6.87. The van der Waals surface area contributed by atoms with Crippen molar-refractivity contribution in [3.63, 3.8) is 0 Å². The summed E-state index contributed by atoms with van der Waals surface area (Å²) in [5.74, 6) is 0.321. The van der Waals surface area contributed by atoms with Gasteiger partial charge in [0.25, 0.3) is 0 Å². The summed E-state index contributed by atoms with van der Waals surface area (Å²) in [7, 11) is 1.42. The van der Waals surface area contributed by atoms with Crippen LogP contribution in [0.2, 0.25) is 0 Å². The summed E-state index contributed by atoms with van der Waals surface area (Å²) in [6, 6.07) is 15.3. The van der Waals surface area contributed by atoms with E-state index >= 15 is 0 Å². The van der Waals surface area contributed by atoms with Gasteiger partial charge >= 0.3 is 0 Å². The van der Waals surface area contributed by atoms with Crippen LogP contribution in [0, 0.1) is 23.1 Å². The van der Waals surface area contributed by atoms with E-state index in [1.807, 2.05) is 32.2 Å². The van der Waals surface area contributed by atoms with Crippen molar-refractivity contribution in [2.45, 2.75) is 45.7 Å². The first kappa shape index (κ1) is 26.4. The number of amides is 1. The van der Waals surface area contributed by atoms with Gasteiger partial charge in [-0.05, 0) is 70.0 Å². The number of ether oxygens (including phenoxy) is 1. The highest BCUT2D eigenvalue weighted by Crippen LogP contribution is 2.29. The van der Waals surface area contributed by atoms with Crippen LogP contribution >= 0.6 is 0 Å². The van der Waals surface area contributed by atoms with Gasteiger partial charge in [0.1, 0.15) is 12.4 Å². The number of carbonyl (C=O) groups is 1. The van der Waals surface area contributed by atoms with Crippen LogP contribution in [0.25, 0.3) is 22.6 Å². The lowest BCUT2D eigenvalue weighted by atomic mass is 9.98. The lowest BCUT2D eigenvalue weighted by molar-refractivity contribution is -0.122. The lowest BCUT2D eigenvalue weighted by Gasteiger charge is -2.28. The van der Waals surface area contributed by atoms with Crippen molar-refractivity contribution in [2.24, 2.45) is 5.92 Å². The van der Waals surface area contributed by atoms with Gasteiger partial charge in [0.2, 0.25) is 5.91 Å². The van der Waals surface area contributed by atoms with Crippen molar-refractivity contribution in [1.29, 1.82) is 5.26 Å². The Morgan fingerprint density at radius 3 is 2.54 bits per heavy atom. The third kappa shape index (κ3) is 6.75. The molecule has 0 aliphatic carbocycles. The standard InChI is InChI=1S/C29H34FN5O2/c1-20(2)32-28(36)19-35-18-26(33-29(35)24-8-9-25(30)27(16-24)37-3)23-6-4-21(5-7-23)10-13-34-14-11-22(17-31)12-15-34/h4-9,16,18,20,22H,10-15,19H2,1-3H3,(H,32,36). The minimum atomic E-state index is -0.452. The summed E-state index contributed by atoms with van der Waals surface area (Å²) in [5.41, 5.74) is 3.58. The Labute approximate surface area is 217 Å². The van der Waals surface area contributed by atoms with Crippen molar-refractivity contribution in [3.05, 3.63) is 60.0 Å². The highest BCUT2D eigenvalue weighted by molar-refractivity contribution is 5.77. The van der Waals surface area contributed by atoms with Crippen molar-refractivity contribution >= 4 is 5.91 Å². The number of methoxy groups -OCH3 is 1. The second-order valence-corrected chi connectivity index (χ2v) is 9.84. The van der Waals surface area contributed by atoms with E-state index in [0.29, 0.717) is 11.4 Å². The highest BCUT2D eigenvalue weighted by atomic mass is 19.1. The van der Waals surface area contributed by atoms with Gasteiger partial charge in [-0.3, -0.25) is 4.79 Å². The maximum atomic E-state index is 14.0. The average Bonchev–Trinajstić information content (AvgIpc) is 3.31. The van der Waals surface area contributed by atoms with Crippen LogP contribution in [0.4, 0.5) is 4.39 Å². The Morgan fingerprint density at radius 2 is 1.89 bits per heavy atom. The molecule has 1 amide bonds. The molecule has 7 nitrogen and oxygen atoms in total. The zero-order valence-corrected chi connectivity index (χ0v) is 21.7. The second kappa shape index (κ2) is 12.0. The Kier molecular flexibility index (Phi) is 8.57. The van der Waals surface area contributed by atoms with Crippen LogP contribution in [-0.4, -0.2) is 53.1 Å². The molecule has 0 saturated carbocycles. The third-order valence-corrected chi connectivity index (χ3v) is 6.69. The predicted molar refractivity (Wildman–Crippen MR) is 141 cm³/mol. The minimum absolute atomic E-state index is 0.0233. The first-order valence-electron chi connectivity index (χ1n) is 12.8. The maximum absolute atomic E-state index is 14.0. The van der Waals surface area contributed by atoms with Crippen molar-refractivity contribution in [3.8, 4) is 34.5 Å². The van der Waals surface area contributed by atoms with Gasteiger partial charge in [0, 0.05) is 35.8 Å². The first-order chi connectivity index (χ1) is 17.9. The first-order valence-corrected chi connectivity index (χ1v) is 12.8. The number of carbonyl (C=O) groups excluding carboxylic acids is 1. The number of nitriles is 1. The predicted octanol–water partition coefficient (Wildman–Crippen LogP) is 4.67. The summed E-state index contributed by atoms with van der Waals surface area (Å²) in [5, 5.41) is 12.0. The number of rotatable bonds is 9. The largest absolute Gasteiger partial charge is 0.494 e. The molecule has 2 aromatic carbocycles. The number of hydrogen-bond donors (Lipinski definition) is 1. The van der Waals surface area contributed by atoms with Crippen LogP contribution in [0.3, 0.4) is 0 Å². The topological polar surface area (TPSA) is 83.2 Å². The minimum Gasteiger partial charge on any atom is -0.494 e. The van der Waals surface area contributed by atoms with Gasteiger partial charge < -0.3 is 19.5 Å². The molecular formula is C29H34FN5O2. The number of hydrogen-bond acceptors (Lipinski definition) is 5. The van der Waals surface area contributed by atoms with Gasteiger partial charge in [0.05, 0.1) is 18.9 Å². The molecule has 1 N–H and O–H groups in total. The van der Waals surface area contributed by atoms with Crippen LogP contribution in [0.15, 0.2) is 48.7 Å². The Hall–Kier alpha value is -3.70. The second-order valence-electron chi connectivity index (χ2n) is 9.84. The van der Waals surface area contributed by atoms with Crippen molar-refractivity contribution in [2.75, 3.05) is 26.7 Å².